The second-order valence-electron chi connectivity index (χ2n) is 5.74. The molecule has 0 spiro atoms. The normalized spacial score (nSPS) is 11.2. The number of aryl methyl sites for hydroxylation is 1. The number of aromatic nitrogens is 2. The van der Waals surface area contributed by atoms with E-state index in [4.69, 9.17) is 0 Å². The van der Waals surface area contributed by atoms with Crippen molar-refractivity contribution in [2.75, 3.05) is 19.3 Å². The number of benzene rings is 1. The maximum Gasteiger partial charge on any atom is 0.191 e. The monoisotopic (exact) mass is 491 g/mol. The van der Waals surface area contributed by atoms with Crippen molar-refractivity contribution in [3.05, 3.63) is 53.1 Å². The third-order valence-electron chi connectivity index (χ3n) is 3.68. The Morgan fingerprint density at radius 3 is 2.77 bits per heavy atom. The molecule has 0 aliphatic heterocycles. The Balaban J connectivity index is 0.00000338. The van der Waals surface area contributed by atoms with Crippen molar-refractivity contribution in [3.8, 4) is 0 Å². The molecular formula is C18H27FIN5S. The molecule has 0 atom stereocenters. The summed E-state index contributed by atoms with van der Waals surface area (Å²) >= 11 is 1.68. The molecule has 0 saturated carbocycles. The predicted octanol–water partition coefficient (Wildman–Crippen LogP) is 3.34. The van der Waals surface area contributed by atoms with Crippen LogP contribution in [0.15, 0.2) is 35.6 Å². The molecule has 1 aromatic carbocycles. The minimum Gasteiger partial charge on any atom is -0.357 e. The Morgan fingerprint density at radius 2 is 2.12 bits per heavy atom. The lowest BCUT2D eigenvalue weighted by molar-refractivity contribution is 0.625. The molecule has 0 saturated heterocycles. The quantitative estimate of drug-likeness (QED) is 0.338. The van der Waals surface area contributed by atoms with Gasteiger partial charge >= 0.3 is 0 Å². The van der Waals surface area contributed by atoms with Crippen molar-refractivity contribution in [2.45, 2.75) is 25.6 Å². The van der Waals surface area contributed by atoms with E-state index in [1.807, 2.05) is 38.7 Å². The maximum absolute atomic E-state index is 13.4. The largest absolute Gasteiger partial charge is 0.357 e. The van der Waals surface area contributed by atoms with Gasteiger partial charge in [-0.3, -0.25) is 4.68 Å². The van der Waals surface area contributed by atoms with E-state index in [1.165, 1.54) is 11.6 Å². The standard InChI is InChI=1S/C18H26FN5S.HI/c1-4-20-18(21-8-7-14-10-23-24(2)12-14)22-11-15-5-6-17(19)9-16(15)13-25-3;/h5-6,9-10,12H,4,7-8,11,13H2,1-3H3,(H2,20,21,22);1H. The molecule has 2 rings (SSSR count). The van der Waals surface area contributed by atoms with Crippen LogP contribution in [0.1, 0.15) is 23.6 Å². The summed E-state index contributed by atoms with van der Waals surface area (Å²) in [6.45, 7) is 4.13. The van der Waals surface area contributed by atoms with Gasteiger partial charge in [-0.05, 0) is 48.4 Å². The Bertz CT molecular complexity index is 705. The second kappa shape index (κ2) is 12.2. The first kappa shape index (κ1) is 22.8. The van der Waals surface area contributed by atoms with Gasteiger partial charge in [0.2, 0.25) is 0 Å². The molecule has 5 nitrogen and oxygen atoms in total. The number of hydrogen-bond donors (Lipinski definition) is 2. The van der Waals surface area contributed by atoms with Crippen molar-refractivity contribution in [3.63, 3.8) is 0 Å². The molecule has 1 heterocycles. The van der Waals surface area contributed by atoms with Crippen LogP contribution < -0.4 is 10.6 Å². The van der Waals surface area contributed by atoms with E-state index in [2.05, 4.69) is 20.7 Å². The lowest BCUT2D eigenvalue weighted by Gasteiger charge is -2.12. The highest BCUT2D eigenvalue weighted by Crippen LogP contribution is 2.17. The molecule has 2 aromatic rings. The fraction of sp³-hybridized carbons (Fsp3) is 0.444. The van der Waals surface area contributed by atoms with Gasteiger partial charge in [-0.15, -0.1) is 24.0 Å². The van der Waals surface area contributed by atoms with Gasteiger partial charge in [-0.25, -0.2) is 9.38 Å². The Kier molecular flexibility index (Phi) is 10.6. The van der Waals surface area contributed by atoms with Crippen LogP contribution in [-0.4, -0.2) is 35.1 Å². The van der Waals surface area contributed by atoms with Crippen LogP contribution in [0.4, 0.5) is 4.39 Å². The number of rotatable bonds is 8. The van der Waals surface area contributed by atoms with Crippen LogP contribution in [0.2, 0.25) is 0 Å². The lowest BCUT2D eigenvalue weighted by Crippen LogP contribution is -2.38. The first-order chi connectivity index (χ1) is 12.1. The molecule has 0 fully saturated rings. The zero-order valence-corrected chi connectivity index (χ0v) is 18.6. The Morgan fingerprint density at radius 1 is 1.31 bits per heavy atom. The summed E-state index contributed by atoms with van der Waals surface area (Å²) in [5.41, 5.74) is 3.24. The topological polar surface area (TPSA) is 54.2 Å². The molecule has 0 bridgehead atoms. The molecular weight excluding hydrogens is 464 g/mol. The van der Waals surface area contributed by atoms with Crippen molar-refractivity contribution < 1.29 is 4.39 Å². The van der Waals surface area contributed by atoms with Gasteiger partial charge in [0, 0.05) is 32.1 Å². The van der Waals surface area contributed by atoms with Crippen molar-refractivity contribution in [1.29, 1.82) is 0 Å². The SMILES string of the molecule is CCNC(=NCc1ccc(F)cc1CSC)NCCc1cnn(C)c1.I. The fourth-order valence-electron chi connectivity index (χ4n) is 2.47. The molecule has 0 aliphatic carbocycles. The number of guanidine groups is 1. The molecule has 0 aliphatic rings. The highest BCUT2D eigenvalue weighted by Gasteiger charge is 2.05. The van der Waals surface area contributed by atoms with Gasteiger partial charge < -0.3 is 10.6 Å². The first-order valence-corrected chi connectivity index (χ1v) is 9.77. The highest BCUT2D eigenvalue weighted by atomic mass is 127. The zero-order valence-electron chi connectivity index (χ0n) is 15.5. The van der Waals surface area contributed by atoms with Crippen LogP contribution in [0.25, 0.3) is 0 Å². The van der Waals surface area contributed by atoms with Crippen LogP contribution in [-0.2, 0) is 25.8 Å². The minimum absolute atomic E-state index is 0. The third-order valence-corrected chi connectivity index (χ3v) is 4.28. The number of thioether (sulfide) groups is 1. The number of nitrogens with one attached hydrogen (secondary N) is 2. The summed E-state index contributed by atoms with van der Waals surface area (Å²) in [7, 11) is 1.91. The van der Waals surface area contributed by atoms with Crippen LogP contribution in [0, 0.1) is 5.82 Å². The van der Waals surface area contributed by atoms with Gasteiger partial charge in [0.1, 0.15) is 5.82 Å². The van der Waals surface area contributed by atoms with E-state index in [9.17, 15) is 4.39 Å². The summed E-state index contributed by atoms with van der Waals surface area (Å²) in [5, 5.41) is 10.8. The van der Waals surface area contributed by atoms with E-state index >= 15 is 0 Å². The summed E-state index contributed by atoms with van der Waals surface area (Å²) in [5.74, 6) is 1.36. The van der Waals surface area contributed by atoms with Gasteiger partial charge in [0.15, 0.2) is 5.96 Å². The minimum atomic E-state index is -0.196. The predicted molar refractivity (Wildman–Crippen MR) is 119 cm³/mol. The fourth-order valence-corrected chi connectivity index (χ4v) is 3.05. The molecule has 1 aromatic heterocycles. The third kappa shape index (κ3) is 7.53. The van der Waals surface area contributed by atoms with Gasteiger partial charge in [0.05, 0.1) is 12.7 Å². The molecule has 26 heavy (non-hydrogen) atoms. The smallest absolute Gasteiger partial charge is 0.191 e. The van der Waals surface area contributed by atoms with Crippen LogP contribution in [0.3, 0.4) is 0 Å². The summed E-state index contributed by atoms with van der Waals surface area (Å²) < 4.78 is 15.2. The van der Waals surface area contributed by atoms with E-state index < -0.39 is 0 Å². The van der Waals surface area contributed by atoms with Gasteiger partial charge in [-0.2, -0.15) is 16.9 Å². The van der Waals surface area contributed by atoms with E-state index in [0.29, 0.717) is 6.54 Å². The van der Waals surface area contributed by atoms with Gasteiger partial charge in [-0.1, -0.05) is 6.07 Å². The molecule has 144 valence electrons. The average Bonchev–Trinajstić information content (AvgIpc) is 2.99. The van der Waals surface area contributed by atoms with Crippen molar-refractivity contribution >= 4 is 41.7 Å². The number of aliphatic imine (C=N–C) groups is 1. The van der Waals surface area contributed by atoms with Crippen molar-refractivity contribution in [2.24, 2.45) is 12.0 Å². The van der Waals surface area contributed by atoms with Gasteiger partial charge in [0.25, 0.3) is 0 Å². The molecule has 0 amide bonds. The summed E-state index contributed by atoms with van der Waals surface area (Å²) in [6, 6.07) is 4.92. The van der Waals surface area contributed by atoms with Crippen LogP contribution in [0.5, 0.6) is 0 Å². The molecule has 8 heteroatoms. The second-order valence-corrected chi connectivity index (χ2v) is 6.61. The molecule has 0 unspecified atom stereocenters. The highest BCUT2D eigenvalue weighted by molar-refractivity contribution is 14.0. The Labute approximate surface area is 176 Å². The van der Waals surface area contributed by atoms with E-state index in [-0.39, 0.29) is 29.8 Å². The number of hydrogen-bond acceptors (Lipinski definition) is 3. The van der Waals surface area contributed by atoms with Crippen molar-refractivity contribution in [1.82, 2.24) is 20.4 Å². The molecule has 0 radical (unpaired) electrons. The number of halogens is 2. The van der Waals surface area contributed by atoms with E-state index in [0.717, 1.165) is 42.3 Å². The number of nitrogens with zero attached hydrogens (tertiary/aromatic N) is 3. The summed E-state index contributed by atoms with van der Waals surface area (Å²) in [6.07, 6.45) is 6.78. The lowest BCUT2D eigenvalue weighted by atomic mass is 10.1. The maximum atomic E-state index is 13.4. The average molecular weight is 491 g/mol. The Hall–Kier alpha value is -1.29. The first-order valence-electron chi connectivity index (χ1n) is 8.38. The summed E-state index contributed by atoms with van der Waals surface area (Å²) in [4.78, 5) is 4.63. The zero-order chi connectivity index (χ0) is 18.1. The van der Waals surface area contributed by atoms with Crippen LogP contribution >= 0.6 is 35.7 Å². The van der Waals surface area contributed by atoms with E-state index in [1.54, 1.807) is 22.5 Å². The molecule has 2 N–H and O–H groups in total.